The van der Waals surface area contributed by atoms with Crippen LogP contribution >= 0.6 is 0 Å². The molecule has 0 fully saturated rings. The zero-order chi connectivity index (χ0) is 14.0. The van der Waals surface area contributed by atoms with Gasteiger partial charge in [0, 0.05) is 12.3 Å². The van der Waals surface area contributed by atoms with Gasteiger partial charge in [0.25, 0.3) is 0 Å². The number of halogens is 1. The standard InChI is InChI=1S/C13H11FN2O3/c1-7-6-15-8(2)12(16-7)19-9-3-4-10(13(17)18)11(14)5-9/h3-6H,1-2H3,(H,17,18). The van der Waals surface area contributed by atoms with Crippen LogP contribution in [0.25, 0.3) is 0 Å². The number of carbonyl (C=O) groups is 1. The summed E-state index contributed by atoms with van der Waals surface area (Å²) < 4.78 is 18.9. The maximum Gasteiger partial charge on any atom is 0.338 e. The van der Waals surface area contributed by atoms with Gasteiger partial charge in [-0.15, -0.1) is 0 Å². The number of aromatic carboxylic acids is 1. The summed E-state index contributed by atoms with van der Waals surface area (Å²) in [7, 11) is 0. The number of rotatable bonds is 3. The van der Waals surface area contributed by atoms with E-state index in [9.17, 15) is 9.18 Å². The lowest BCUT2D eigenvalue weighted by Gasteiger charge is -2.08. The highest BCUT2D eigenvalue weighted by molar-refractivity contribution is 5.88. The summed E-state index contributed by atoms with van der Waals surface area (Å²) in [6, 6.07) is 3.52. The Kier molecular flexibility index (Phi) is 3.41. The number of hydrogen-bond donors (Lipinski definition) is 1. The van der Waals surface area contributed by atoms with Gasteiger partial charge in [-0.1, -0.05) is 0 Å². The normalized spacial score (nSPS) is 10.3. The minimum absolute atomic E-state index is 0.172. The van der Waals surface area contributed by atoms with Gasteiger partial charge in [0.2, 0.25) is 5.88 Å². The average Bonchev–Trinajstić information content (AvgIpc) is 2.33. The van der Waals surface area contributed by atoms with Crippen LogP contribution in [0.2, 0.25) is 0 Å². The first-order valence-corrected chi connectivity index (χ1v) is 5.48. The molecule has 1 N–H and O–H groups in total. The molecule has 0 aliphatic carbocycles. The number of nitrogens with zero attached hydrogens (tertiary/aromatic N) is 2. The molecule has 0 radical (unpaired) electrons. The fourth-order valence-electron chi connectivity index (χ4n) is 1.46. The van der Waals surface area contributed by atoms with E-state index in [2.05, 4.69) is 9.97 Å². The Morgan fingerprint density at radius 2 is 2.11 bits per heavy atom. The van der Waals surface area contributed by atoms with Crippen LogP contribution in [0.3, 0.4) is 0 Å². The summed E-state index contributed by atoms with van der Waals surface area (Å²) in [6.07, 6.45) is 1.59. The van der Waals surface area contributed by atoms with E-state index in [1.165, 1.54) is 6.07 Å². The van der Waals surface area contributed by atoms with Gasteiger partial charge in [-0.3, -0.25) is 4.98 Å². The first-order chi connectivity index (χ1) is 8.97. The van der Waals surface area contributed by atoms with Gasteiger partial charge >= 0.3 is 5.97 Å². The molecule has 6 heteroatoms. The second-order valence-corrected chi connectivity index (χ2v) is 3.95. The smallest absolute Gasteiger partial charge is 0.338 e. The molecule has 1 aromatic heterocycles. The van der Waals surface area contributed by atoms with Gasteiger partial charge in [-0.05, 0) is 26.0 Å². The molecule has 5 nitrogen and oxygen atoms in total. The van der Waals surface area contributed by atoms with E-state index in [1.54, 1.807) is 20.0 Å². The van der Waals surface area contributed by atoms with Crippen molar-refractivity contribution in [2.75, 3.05) is 0 Å². The molecule has 2 rings (SSSR count). The lowest BCUT2D eigenvalue weighted by Crippen LogP contribution is -2.01. The second kappa shape index (κ2) is 5.01. The minimum atomic E-state index is -1.32. The van der Waals surface area contributed by atoms with Gasteiger partial charge in [0.05, 0.1) is 17.0 Å². The number of hydrogen-bond acceptors (Lipinski definition) is 4. The van der Waals surface area contributed by atoms with Crippen molar-refractivity contribution < 1.29 is 19.0 Å². The Hall–Kier alpha value is -2.50. The van der Waals surface area contributed by atoms with Crippen LogP contribution in [0, 0.1) is 19.7 Å². The van der Waals surface area contributed by atoms with E-state index in [4.69, 9.17) is 9.84 Å². The van der Waals surface area contributed by atoms with Crippen molar-refractivity contribution in [3.8, 4) is 11.6 Å². The van der Waals surface area contributed by atoms with E-state index in [-0.39, 0.29) is 11.6 Å². The van der Waals surface area contributed by atoms with E-state index < -0.39 is 17.3 Å². The van der Waals surface area contributed by atoms with Crippen LogP contribution < -0.4 is 4.74 Å². The van der Waals surface area contributed by atoms with Crippen LogP contribution in [0.1, 0.15) is 21.7 Å². The van der Waals surface area contributed by atoms with Crippen LogP contribution in [-0.4, -0.2) is 21.0 Å². The SMILES string of the molecule is Cc1cnc(C)c(Oc2ccc(C(=O)O)c(F)c2)n1. The maximum atomic E-state index is 13.5. The highest BCUT2D eigenvalue weighted by Crippen LogP contribution is 2.23. The molecule has 1 heterocycles. The van der Waals surface area contributed by atoms with Crippen molar-refractivity contribution in [3.63, 3.8) is 0 Å². The third kappa shape index (κ3) is 2.85. The van der Waals surface area contributed by atoms with E-state index in [1.807, 2.05) is 0 Å². The van der Waals surface area contributed by atoms with Crippen molar-refractivity contribution in [2.24, 2.45) is 0 Å². The van der Waals surface area contributed by atoms with E-state index in [0.29, 0.717) is 11.4 Å². The van der Waals surface area contributed by atoms with E-state index >= 15 is 0 Å². The number of carboxylic acid groups (broad SMARTS) is 1. The fraction of sp³-hybridized carbons (Fsp3) is 0.154. The third-order valence-electron chi connectivity index (χ3n) is 2.42. The fourth-order valence-corrected chi connectivity index (χ4v) is 1.46. The molecule has 98 valence electrons. The Morgan fingerprint density at radius 3 is 2.74 bits per heavy atom. The van der Waals surface area contributed by atoms with Gasteiger partial charge in [-0.2, -0.15) is 0 Å². The number of benzene rings is 1. The highest BCUT2D eigenvalue weighted by atomic mass is 19.1. The van der Waals surface area contributed by atoms with Crippen LogP contribution in [0.5, 0.6) is 11.6 Å². The molecular weight excluding hydrogens is 251 g/mol. The molecule has 19 heavy (non-hydrogen) atoms. The zero-order valence-electron chi connectivity index (χ0n) is 10.3. The molecule has 0 saturated carbocycles. The minimum Gasteiger partial charge on any atom is -0.478 e. The first-order valence-electron chi connectivity index (χ1n) is 5.48. The van der Waals surface area contributed by atoms with Crippen molar-refractivity contribution in [2.45, 2.75) is 13.8 Å². The van der Waals surface area contributed by atoms with Crippen LogP contribution in [0.4, 0.5) is 4.39 Å². The number of aromatic nitrogens is 2. The summed E-state index contributed by atoms with van der Waals surface area (Å²) in [5.74, 6) is -1.74. The molecule has 0 unspecified atom stereocenters. The lowest BCUT2D eigenvalue weighted by molar-refractivity contribution is 0.0692. The molecule has 0 bridgehead atoms. The maximum absolute atomic E-state index is 13.5. The number of aryl methyl sites for hydroxylation is 2. The van der Waals surface area contributed by atoms with Gasteiger partial charge < -0.3 is 9.84 Å². The Bertz CT molecular complexity index is 644. The van der Waals surface area contributed by atoms with Gasteiger partial charge in [0.1, 0.15) is 11.6 Å². The van der Waals surface area contributed by atoms with E-state index in [0.717, 1.165) is 12.1 Å². The molecule has 0 aliphatic rings. The molecule has 0 atom stereocenters. The first kappa shape index (κ1) is 12.9. The second-order valence-electron chi connectivity index (χ2n) is 3.95. The molecular formula is C13H11FN2O3. The average molecular weight is 262 g/mol. The summed E-state index contributed by atoms with van der Waals surface area (Å²) in [5, 5.41) is 8.72. The monoisotopic (exact) mass is 262 g/mol. The summed E-state index contributed by atoms with van der Waals surface area (Å²) in [6.45, 7) is 3.47. The van der Waals surface area contributed by atoms with Crippen molar-refractivity contribution in [3.05, 3.63) is 47.2 Å². The predicted molar refractivity (Wildman–Crippen MR) is 64.9 cm³/mol. The largest absolute Gasteiger partial charge is 0.478 e. The number of carboxylic acids is 1. The highest BCUT2D eigenvalue weighted by Gasteiger charge is 2.12. The topological polar surface area (TPSA) is 72.3 Å². The van der Waals surface area contributed by atoms with Crippen LogP contribution in [0.15, 0.2) is 24.4 Å². The molecule has 1 aromatic carbocycles. The van der Waals surface area contributed by atoms with Crippen molar-refractivity contribution in [1.82, 2.24) is 9.97 Å². The van der Waals surface area contributed by atoms with Crippen molar-refractivity contribution in [1.29, 1.82) is 0 Å². The third-order valence-corrected chi connectivity index (χ3v) is 2.42. The zero-order valence-corrected chi connectivity index (χ0v) is 10.3. The summed E-state index contributed by atoms with van der Waals surface area (Å²) in [5.41, 5.74) is 0.830. The molecule has 0 aliphatic heterocycles. The summed E-state index contributed by atoms with van der Waals surface area (Å²) in [4.78, 5) is 18.9. The Morgan fingerprint density at radius 1 is 1.37 bits per heavy atom. The number of ether oxygens (including phenoxy) is 1. The Labute approximate surface area is 108 Å². The molecule has 0 saturated heterocycles. The van der Waals surface area contributed by atoms with Crippen LogP contribution in [-0.2, 0) is 0 Å². The lowest BCUT2D eigenvalue weighted by atomic mass is 10.2. The van der Waals surface area contributed by atoms with Gasteiger partial charge in [0.15, 0.2) is 0 Å². The molecule has 0 amide bonds. The van der Waals surface area contributed by atoms with Crippen molar-refractivity contribution >= 4 is 5.97 Å². The predicted octanol–water partition coefficient (Wildman–Crippen LogP) is 2.72. The van der Waals surface area contributed by atoms with Gasteiger partial charge in [-0.25, -0.2) is 14.2 Å². The molecule has 0 spiro atoms. The quantitative estimate of drug-likeness (QED) is 0.920. The Balaban J connectivity index is 2.31. The summed E-state index contributed by atoms with van der Waals surface area (Å²) >= 11 is 0. The molecule has 2 aromatic rings.